The van der Waals surface area contributed by atoms with Crippen LogP contribution in [0.25, 0.3) is 33.0 Å². The number of hydrogen-bond acceptors (Lipinski definition) is 1. The van der Waals surface area contributed by atoms with E-state index < -0.39 is 0 Å². The molecule has 4 aromatic rings. The Balaban J connectivity index is 1.77. The SMILES string of the molecule is CC(C)(C)c1ccc(-c2cccc3cc(-c4ccc(N)cc4)ccc23)cc1. The quantitative estimate of drug-likeness (QED) is 0.385. The maximum Gasteiger partial charge on any atom is 0.0314 e. The lowest BCUT2D eigenvalue weighted by molar-refractivity contribution is 0.590. The molecule has 4 rings (SSSR count). The van der Waals surface area contributed by atoms with Crippen molar-refractivity contribution in [2.45, 2.75) is 26.2 Å². The first-order valence-electron chi connectivity index (χ1n) is 9.41. The Morgan fingerprint density at radius 1 is 0.630 bits per heavy atom. The minimum Gasteiger partial charge on any atom is -0.399 e. The lowest BCUT2D eigenvalue weighted by Gasteiger charge is -2.19. The molecular formula is C26H25N. The summed E-state index contributed by atoms with van der Waals surface area (Å²) in [5.74, 6) is 0. The van der Waals surface area contributed by atoms with Gasteiger partial charge < -0.3 is 5.73 Å². The van der Waals surface area contributed by atoms with Crippen molar-refractivity contribution in [2.24, 2.45) is 0 Å². The van der Waals surface area contributed by atoms with Gasteiger partial charge in [0.1, 0.15) is 0 Å². The van der Waals surface area contributed by atoms with E-state index in [1.54, 1.807) is 0 Å². The van der Waals surface area contributed by atoms with Gasteiger partial charge in [0.15, 0.2) is 0 Å². The number of benzene rings is 4. The minimum absolute atomic E-state index is 0.172. The van der Waals surface area contributed by atoms with Crippen LogP contribution in [0.5, 0.6) is 0 Å². The summed E-state index contributed by atoms with van der Waals surface area (Å²) in [6.07, 6.45) is 0. The van der Waals surface area contributed by atoms with Crippen LogP contribution in [-0.2, 0) is 5.41 Å². The standard InChI is InChI=1S/C26H25N/c1-26(2,3)22-12-7-19(8-13-22)24-6-4-5-21-17-20(11-16-25(21)24)18-9-14-23(27)15-10-18/h4-17H,27H2,1-3H3. The van der Waals surface area contributed by atoms with Gasteiger partial charge in [0.05, 0.1) is 0 Å². The Kier molecular flexibility index (Phi) is 4.24. The van der Waals surface area contributed by atoms with Gasteiger partial charge >= 0.3 is 0 Å². The normalized spacial score (nSPS) is 11.7. The zero-order valence-electron chi connectivity index (χ0n) is 16.2. The summed E-state index contributed by atoms with van der Waals surface area (Å²) in [5, 5.41) is 2.53. The lowest BCUT2D eigenvalue weighted by Crippen LogP contribution is -2.10. The van der Waals surface area contributed by atoms with Crippen molar-refractivity contribution in [1.82, 2.24) is 0 Å². The van der Waals surface area contributed by atoms with Gasteiger partial charge in [0, 0.05) is 5.69 Å². The van der Waals surface area contributed by atoms with Gasteiger partial charge in [-0.05, 0) is 62.2 Å². The molecule has 0 atom stereocenters. The fourth-order valence-corrected chi connectivity index (χ4v) is 3.54. The zero-order chi connectivity index (χ0) is 19.0. The second-order valence-electron chi connectivity index (χ2n) is 8.19. The zero-order valence-corrected chi connectivity index (χ0v) is 16.2. The first kappa shape index (κ1) is 17.4. The van der Waals surface area contributed by atoms with E-state index in [0.717, 1.165) is 5.69 Å². The number of hydrogen-bond donors (Lipinski definition) is 1. The van der Waals surface area contributed by atoms with Crippen LogP contribution in [0.15, 0.2) is 84.9 Å². The Morgan fingerprint density at radius 3 is 1.93 bits per heavy atom. The molecule has 2 N–H and O–H groups in total. The third-order valence-electron chi connectivity index (χ3n) is 5.19. The predicted molar refractivity (Wildman–Crippen MR) is 118 cm³/mol. The van der Waals surface area contributed by atoms with Crippen molar-refractivity contribution in [3.8, 4) is 22.3 Å². The molecule has 134 valence electrons. The van der Waals surface area contributed by atoms with E-state index in [2.05, 4.69) is 93.6 Å². The molecule has 0 saturated heterocycles. The molecule has 0 radical (unpaired) electrons. The Morgan fingerprint density at radius 2 is 1.26 bits per heavy atom. The van der Waals surface area contributed by atoms with Gasteiger partial charge in [0.2, 0.25) is 0 Å². The fraction of sp³-hybridized carbons (Fsp3) is 0.154. The molecule has 0 amide bonds. The molecule has 0 bridgehead atoms. The average Bonchev–Trinajstić information content (AvgIpc) is 2.67. The van der Waals surface area contributed by atoms with Crippen LogP contribution >= 0.6 is 0 Å². The largest absolute Gasteiger partial charge is 0.399 e. The molecule has 0 saturated carbocycles. The third kappa shape index (κ3) is 3.46. The second kappa shape index (κ2) is 6.59. The molecule has 0 aromatic heterocycles. The highest BCUT2D eigenvalue weighted by molar-refractivity contribution is 5.98. The van der Waals surface area contributed by atoms with E-state index in [0.29, 0.717) is 0 Å². The van der Waals surface area contributed by atoms with Crippen molar-refractivity contribution in [3.05, 3.63) is 90.5 Å². The van der Waals surface area contributed by atoms with Crippen LogP contribution in [0.3, 0.4) is 0 Å². The van der Waals surface area contributed by atoms with Crippen LogP contribution in [-0.4, -0.2) is 0 Å². The van der Waals surface area contributed by atoms with Crippen molar-refractivity contribution >= 4 is 16.5 Å². The highest BCUT2D eigenvalue weighted by Crippen LogP contribution is 2.33. The molecule has 0 fully saturated rings. The number of anilines is 1. The maximum atomic E-state index is 5.82. The van der Waals surface area contributed by atoms with Gasteiger partial charge in [-0.15, -0.1) is 0 Å². The third-order valence-corrected chi connectivity index (χ3v) is 5.19. The molecule has 0 spiro atoms. The van der Waals surface area contributed by atoms with Crippen LogP contribution in [0.4, 0.5) is 5.69 Å². The van der Waals surface area contributed by atoms with E-state index in [4.69, 9.17) is 5.73 Å². The van der Waals surface area contributed by atoms with Crippen molar-refractivity contribution in [3.63, 3.8) is 0 Å². The van der Waals surface area contributed by atoms with Crippen LogP contribution < -0.4 is 5.73 Å². The van der Waals surface area contributed by atoms with Gasteiger partial charge in [-0.3, -0.25) is 0 Å². The summed E-state index contributed by atoms with van der Waals surface area (Å²) in [6, 6.07) is 30.2. The first-order valence-corrected chi connectivity index (χ1v) is 9.41. The molecular weight excluding hydrogens is 326 g/mol. The van der Waals surface area contributed by atoms with Crippen molar-refractivity contribution in [2.75, 3.05) is 5.73 Å². The molecule has 0 aliphatic carbocycles. The molecule has 0 heterocycles. The van der Waals surface area contributed by atoms with Crippen LogP contribution in [0.1, 0.15) is 26.3 Å². The summed E-state index contributed by atoms with van der Waals surface area (Å²) < 4.78 is 0. The highest BCUT2D eigenvalue weighted by atomic mass is 14.5. The highest BCUT2D eigenvalue weighted by Gasteiger charge is 2.13. The molecule has 4 aromatic carbocycles. The summed E-state index contributed by atoms with van der Waals surface area (Å²) in [7, 11) is 0. The van der Waals surface area contributed by atoms with E-state index in [1.807, 2.05) is 12.1 Å². The Hall–Kier alpha value is -3.06. The summed E-state index contributed by atoms with van der Waals surface area (Å²) in [6.45, 7) is 6.75. The minimum atomic E-state index is 0.172. The summed E-state index contributed by atoms with van der Waals surface area (Å²) in [5.41, 5.74) is 13.1. The van der Waals surface area contributed by atoms with E-state index >= 15 is 0 Å². The smallest absolute Gasteiger partial charge is 0.0314 e. The molecule has 0 unspecified atom stereocenters. The molecule has 0 aliphatic rings. The molecule has 27 heavy (non-hydrogen) atoms. The average molecular weight is 351 g/mol. The molecule has 1 heteroatoms. The molecule has 0 aliphatic heterocycles. The van der Waals surface area contributed by atoms with E-state index in [9.17, 15) is 0 Å². The summed E-state index contributed by atoms with van der Waals surface area (Å²) in [4.78, 5) is 0. The lowest BCUT2D eigenvalue weighted by atomic mass is 9.86. The van der Waals surface area contributed by atoms with Crippen molar-refractivity contribution < 1.29 is 0 Å². The second-order valence-corrected chi connectivity index (χ2v) is 8.19. The number of nitrogen functional groups attached to an aromatic ring is 1. The van der Waals surface area contributed by atoms with Crippen LogP contribution in [0, 0.1) is 0 Å². The first-order chi connectivity index (χ1) is 12.9. The predicted octanol–water partition coefficient (Wildman–Crippen LogP) is 7.05. The van der Waals surface area contributed by atoms with Gasteiger partial charge in [0.25, 0.3) is 0 Å². The van der Waals surface area contributed by atoms with E-state index in [1.165, 1.54) is 38.6 Å². The Bertz CT molecular complexity index is 1080. The van der Waals surface area contributed by atoms with Gasteiger partial charge in [-0.1, -0.05) is 87.5 Å². The number of nitrogens with two attached hydrogens (primary N) is 1. The monoisotopic (exact) mass is 351 g/mol. The Labute approximate surface area is 161 Å². The topological polar surface area (TPSA) is 26.0 Å². The van der Waals surface area contributed by atoms with Gasteiger partial charge in [-0.2, -0.15) is 0 Å². The molecule has 1 nitrogen and oxygen atoms in total. The van der Waals surface area contributed by atoms with E-state index in [-0.39, 0.29) is 5.41 Å². The number of fused-ring (bicyclic) bond motifs is 1. The summed E-state index contributed by atoms with van der Waals surface area (Å²) >= 11 is 0. The fourth-order valence-electron chi connectivity index (χ4n) is 3.54. The van der Waals surface area contributed by atoms with Gasteiger partial charge in [-0.25, -0.2) is 0 Å². The maximum absolute atomic E-state index is 5.82. The number of rotatable bonds is 2. The van der Waals surface area contributed by atoms with Crippen LogP contribution in [0.2, 0.25) is 0 Å². The van der Waals surface area contributed by atoms with Crippen molar-refractivity contribution in [1.29, 1.82) is 0 Å².